The average Bonchev–Trinajstić information content (AvgIpc) is 3.17. The van der Waals surface area contributed by atoms with Crippen LogP contribution in [0.4, 0.5) is 0 Å². The molecule has 0 amide bonds. The molecule has 3 heterocycles. The maximum Gasteiger partial charge on any atom is 0.100 e. The van der Waals surface area contributed by atoms with Gasteiger partial charge in [0.25, 0.3) is 0 Å². The molecular formula is C14H18N6. The first-order chi connectivity index (χ1) is 9.69. The van der Waals surface area contributed by atoms with Crippen molar-refractivity contribution >= 4 is 0 Å². The van der Waals surface area contributed by atoms with Crippen molar-refractivity contribution in [3.63, 3.8) is 0 Å². The Labute approximate surface area is 117 Å². The van der Waals surface area contributed by atoms with E-state index in [1.807, 2.05) is 40.4 Å². The van der Waals surface area contributed by atoms with Crippen molar-refractivity contribution in [1.82, 2.24) is 29.5 Å². The molecule has 0 unspecified atom stereocenters. The number of rotatable bonds is 4. The van der Waals surface area contributed by atoms with Crippen LogP contribution in [0.2, 0.25) is 0 Å². The molecule has 0 saturated heterocycles. The van der Waals surface area contributed by atoms with Gasteiger partial charge in [0.05, 0.1) is 29.5 Å². The van der Waals surface area contributed by atoms with Crippen molar-refractivity contribution < 1.29 is 0 Å². The maximum absolute atomic E-state index is 4.46. The highest BCUT2D eigenvalue weighted by Crippen LogP contribution is 2.23. The Balaban J connectivity index is 1.95. The van der Waals surface area contributed by atoms with Crippen molar-refractivity contribution in [1.29, 1.82) is 0 Å². The molecule has 0 spiro atoms. The van der Waals surface area contributed by atoms with Crippen molar-refractivity contribution in [3.05, 3.63) is 36.8 Å². The number of aromatic nitrogens is 6. The molecule has 0 aliphatic carbocycles. The zero-order chi connectivity index (χ0) is 14.1. The van der Waals surface area contributed by atoms with Crippen LogP contribution in [0, 0.1) is 0 Å². The van der Waals surface area contributed by atoms with Crippen molar-refractivity contribution in [2.75, 3.05) is 0 Å². The summed E-state index contributed by atoms with van der Waals surface area (Å²) in [6.07, 6.45) is 9.50. The lowest BCUT2D eigenvalue weighted by molar-refractivity contribution is 0.660. The van der Waals surface area contributed by atoms with Crippen LogP contribution >= 0.6 is 0 Å². The fraction of sp³-hybridized carbons (Fsp3) is 0.357. The monoisotopic (exact) mass is 270 g/mol. The van der Waals surface area contributed by atoms with Gasteiger partial charge in [-0.3, -0.25) is 9.78 Å². The number of imidazole rings is 1. The quantitative estimate of drug-likeness (QED) is 0.792. The molecule has 20 heavy (non-hydrogen) atoms. The molecule has 3 aromatic heterocycles. The molecule has 0 atom stereocenters. The van der Waals surface area contributed by atoms with E-state index in [0.29, 0.717) is 5.92 Å². The van der Waals surface area contributed by atoms with Gasteiger partial charge < -0.3 is 4.57 Å². The van der Waals surface area contributed by atoms with Gasteiger partial charge >= 0.3 is 0 Å². The second-order valence-corrected chi connectivity index (χ2v) is 5.07. The Morgan fingerprint density at radius 3 is 2.80 bits per heavy atom. The summed E-state index contributed by atoms with van der Waals surface area (Å²) in [6.45, 7) is 7.20. The summed E-state index contributed by atoms with van der Waals surface area (Å²) in [4.78, 5) is 4.46. The van der Waals surface area contributed by atoms with Gasteiger partial charge in [-0.2, -0.15) is 10.2 Å². The summed E-state index contributed by atoms with van der Waals surface area (Å²) < 4.78 is 3.89. The number of hydrogen-bond acceptors (Lipinski definition) is 3. The minimum Gasteiger partial charge on any atom is -0.302 e. The lowest BCUT2D eigenvalue weighted by Crippen LogP contribution is -1.96. The number of nitrogens with one attached hydrogen (secondary N) is 1. The highest BCUT2D eigenvalue weighted by molar-refractivity contribution is 5.57. The topological polar surface area (TPSA) is 64.3 Å². The predicted molar refractivity (Wildman–Crippen MR) is 76.7 cm³/mol. The van der Waals surface area contributed by atoms with E-state index in [9.17, 15) is 0 Å². The van der Waals surface area contributed by atoms with E-state index in [1.165, 1.54) is 0 Å². The van der Waals surface area contributed by atoms with Crippen LogP contribution in [0.1, 0.15) is 32.4 Å². The summed E-state index contributed by atoms with van der Waals surface area (Å²) in [6, 6.07) is 0. The fourth-order valence-corrected chi connectivity index (χ4v) is 2.19. The van der Waals surface area contributed by atoms with Crippen LogP contribution < -0.4 is 0 Å². The third-order valence-electron chi connectivity index (χ3n) is 3.34. The van der Waals surface area contributed by atoms with Gasteiger partial charge in [-0.15, -0.1) is 0 Å². The fourth-order valence-electron chi connectivity index (χ4n) is 2.19. The zero-order valence-electron chi connectivity index (χ0n) is 11.9. The Morgan fingerprint density at radius 2 is 2.10 bits per heavy atom. The summed E-state index contributed by atoms with van der Waals surface area (Å²) >= 11 is 0. The summed E-state index contributed by atoms with van der Waals surface area (Å²) in [5.41, 5.74) is 4.10. The van der Waals surface area contributed by atoms with E-state index >= 15 is 0 Å². The van der Waals surface area contributed by atoms with Crippen molar-refractivity contribution in [3.8, 4) is 16.9 Å². The summed E-state index contributed by atoms with van der Waals surface area (Å²) in [7, 11) is 0. The smallest absolute Gasteiger partial charge is 0.100 e. The van der Waals surface area contributed by atoms with Gasteiger partial charge in [-0.05, 0) is 12.8 Å². The van der Waals surface area contributed by atoms with Crippen LogP contribution in [0.3, 0.4) is 0 Å². The van der Waals surface area contributed by atoms with Crippen LogP contribution in [0.15, 0.2) is 31.1 Å². The van der Waals surface area contributed by atoms with Crippen molar-refractivity contribution in [2.24, 2.45) is 0 Å². The summed E-state index contributed by atoms with van der Waals surface area (Å²) in [5, 5.41) is 11.5. The van der Waals surface area contributed by atoms with E-state index in [0.717, 1.165) is 29.2 Å². The van der Waals surface area contributed by atoms with Gasteiger partial charge in [0, 0.05) is 24.5 Å². The number of aromatic amines is 1. The van der Waals surface area contributed by atoms with Crippen LogP contribution in [0.25, 0.3) is 16.9 Å². The lowest BCUT2D eigenvalue weighted by atomic mass is 10.1. The normalized spacial score (nSPS) is 11.4. The molecule has 0 bridgehead atoms. The van der Waals surface area contributed by atoms with E-state index in [1.54, 1.807) is 0 Å². The first-order valence-electron chi connectivity index (χ1n) is 6.79. The predicted octanol–water partition coefficient (Wildman–Crippen LogP) is 2.60. The number of hydrogen-bond donors (Lipinski definition) is 1. The molecule has 0 saturated carbocycles. The molecule has 6 heteroatoms. The van der Waals surface area contributed by atoms with Crippen molar-refractivity contribution in [2.45, 2.75) is 33.2 Å². The van der Waals surface area contributed by atoms with Gasteiger partial charge in [0.1, 0.15) is 6.33 Å². The summed E-state index contributed by atoms with van der Waals surface area (Å²) in [5.74, 6) is 0.390. The molecule has 0 radical (unpaired) electrons. The van der Waals surface area contributed by atoms with Gasteiger partial charge in [0.2, 0.25) is 0 Å². The Bertz CT molecular complexity index is 703. The van der Waals surface area contributed by atoms with Gasteiger partial charge in [0.15, 0.2) is 0 Å². The van der Waals surface area contributed by atoms with Gasteiger partial charge in [-0.1, -0.05) is 13.8 Å². The molecule has 6 nitrogen and oxygen atoms in total. The third-order valence-corrected chi connectivity index (χ3v) is 3.34. The second kappa shape index (κ2) is 4.96. The third kappa shape index (κ3) is 2.13. The SMILES string of the molecule is CCn1cc(-c2cn(-c3cn[nH]c3C(C)C)cn2)cn1. The van der Waals surface area contributed by atoms with Crippen LogP contribution in [-0.2, 0) is 6.54 Å². The number of aryl methyl sites for hydroxylation is 1. The number of nitrogens with zero attached hydrogens (tertiary/aromatic N) is 5. The molecule has 0 aliphatic rings. The zero-order valence-corrected chi connectivity index (χ0v) is 11.9. The second-order valence-electron chi connectivity index (χ2n) is 5.07. The Kier molecular flexibility index (Phi) is 3.14. The van der Waals surface area contributed by atoms with Crippen LogP contribution in [0.5, 0.6) is 0 Å². The van der Waals surface area contributed by atoms with E-state index in [-0.39, 0.29) is 0 Å². The first kappa shape index (κ1) is 12.7. The highest BCUT2D eigenvalue weighted by Gasteiger charge is 2.12. The molecular weight excluding hydrogens is 252 g/mol. The van der Waals surface area contributed by atoms with Gasteiger partial charge in [-0.25, -0.2) is 4.98 Å². The molecule has 1 N–H and O–H groups in total. The van der Waals surface area contributed by atoms with E-state index in [2.05, 4.69) is 41.1 Å². The molecule has 0 aliphatic heterocycles. The van der Waals surface area contributed by atoms with E-state index in [4.69, 9.17) is 0 Å². The van der Waals surface area contributed by atoms with E-state index < -0.39 is 0 Å². The maximum atomic E-state index is 4.46. The molecule has 104 valence electrons. The molecule has 0 fully saturated rings. The largest absolute Gasteiger partial charge is 0.302 e. The molecule has 3 aromatic rings. The molecule has 0 aromatic carbocycles. The first-order valence-corrected chi connectivity index (χ1v) is 6.79. The van der Waals surface area contributed by atoms with Crippen LogP contribution in [-0.4, -0.2) is 29.5 Å². The average molecular weight is 270 g/mol. The minimum absolute atomic E-state index is 0.390. The highest BCUT2D eigenvalue weighted by atomic mass is 15.3. The standard InChI is InChI=1S/C14H18N6/c1-4-20-7-11(5-17-20)12-8-19(9-15-12)13-6-16-18-14(13)10(2)3/h5-10H,4H2,1-3H3,(H,16,18). The number of H-pyrrole nitrogens is 1. The Morgan fingerprint density at radius 1 is 1.25 bits per heavy atom. The Hall–Kier alpha value is -2.37. The molecule has 3 rings (SSSR count). The lowest BCUT2D eigenvalue weighted by Gasteiger charge is -2.05. The minimum atomic E-state index is 0.390.